The number of hydrogen-bond acceptors (Lipinski definition) is 4. The van der Waals surface area contributed by atoms with Gasteiger partial charge in [-0.3, -0.25) is 9.59 Å². The van der Waals surface area contributed by atoms with E-state index in [0.717, 1.165) is 42.6 Å². The first-order valence-corrected chi connectivity index (χ1v) is 12.9. The molecule has 0 saturated carbocycles. The molecule has 2 aromatic carbocycles. The first-order chi connectivity index (χ1) is 17.3. The van der Waals surface area contributed by atoms with Crippen LogP contribution in [0, 0.1) is 6.92 Å². The quantitative estimate of drug-likeness (QED) is 0.406. The summed E-state index contributed by atoms with van der Waals surface area (Å²) in [6.07, 6.45) is 2.03. The third-order valence-corrected chi connectivity index (χ3v) is 6.58. The molecule has 36 heavy (non-hydrogen) atoms. The van der Waals surface area contributed by atoms with Crippen LogP contribution < -0.4 is 0 Å². The monoisotopic (exact) mass is 490 g/mol. The number of ether oxygens (including phenoxy) is 1. The Bertz CT molecular complexity index is 1110. The predicted octanol–water partition coefficient (Wildman–Crippen LogP) is 5.61. The number of aryl methyl sites for hydroxylation is 1. The summed E-state index contributed by atoms with van der Waals surface area (Å²) >= 11 is 0. The molecule has 1 unspecified atom stereocenters. The minimum Gasteiger partial charge on any atom is -0.463 e. The second kappa shape index (κ2) is 12.5. The van der Waals surface area contributed by atoms with Gasteiger partial charge in [-0.25, -0.2) is 4.79 Å². The molecule has 3 rings (SSSR count). The second-order valence-corrected chi connectivity index (χ2v) is 9.36. The Morgan fingerprint density at radius 3 is 2.25 bits per heavy atom. The zero-order chi connectivity index (χ0) is 26.2. The minimum atomic E-state index is -0.383. The number of carbonyl (C=O) groups is 3. The van der Waals surface area contributed by atoms with E-state index >= 15 is 0 Å². The van der Waals surface area contributed by atoms with E-state index in [-0.39, 0.29) is 36.7 Å². The molecular formula is C30H38N2O4. The minimum absolute atomic E-state index is 0.0287. The average molecular weight is 491 g/mol. The summed E-state index contributed by atoms with van der Waals surface area (Å²) in [7, 11) is 0. The predicted molar refractivity (Wildman–Crippen MR) is 141 cm³/mol. The largest absolute Gasteiger partial charge is 0.463 e. The van der Waals surface area contributed by atoms with Gasteiger partial charge in [0, 0.05) is 36.7 Å². The average Bonchev–Trinajstić information content (AvgIpc) is 2.86. The molecule has 0 spiro atoms. The van der Waals surface area contributed by atoms with Gasteiger partial charge in [-0.05, 0) is 56.9 Å². The fourth-order valence-electron chi connectivity index (χ4n) is 4.82. The maximum atomic E-state index is 13.3. The lowest BCUT2D eigenvalue weighted by atomic mass is 9.83. The molecule has 0 aromatic heterocycles. The molecule has 6 nitrogen and oxygen atoms in total. The number of esters is 1. The Morgan fingerprint density at radius 2 is 1.67 bits per heavy atom. The van der Waals surface area contributed by atoms with Gasteiger partial charge in [0.05, 0.1) is 18.7 Å². The van der Waals surface area contributed by atoms with E-state index < -0.39 is 0 Å². The van der Waals surface area contributed by atoms with Gasteiger partial charge in [0.1, 0.15) is 0 Å². The number of rotatable bonds is 10. The standard InChI is InChI=1S/C30H38N2O4/c1-6-16-31(17-7-2)29(34)24-14-12-23(13-15-24)20-32-22(5)28(30(35)36-8-3)26(19-27(32)33)25-11-9-10-21(4)18-25/h9-15,18,26H,6-8,16-17,19-20H2,1-5H3. The van der Waals surface area contributed by atoms with Gasteiger partial charge >= 0.3 is 5.97 Å². The van der Waals surface area contributed by atoms with Gasteiger partial charge in [0.15, 0.2) is 0 Å². The van der Waals surface area contributed by atoms with Crippen molar-refractivity contribution in [3.05, 3.63) is 82.1 Å². The van der Waals surface area contributed by atoms with Crippen LogP contribution in [-0.4, -0.2) is 47.3 Å². The second-order valence-electron chi connectivity index (χ2n) is 9.36. The molecule has 0 aliphatic carbocycles. The third-order valence-electron chi connectivity index (χ3n) is 6.58. The van der Waals surface area contributed by atoms with E-state index in [0.29, 0.717) is 23.4 Å². The molecule has 0 radical (unpaired) electrons. The van der Waals surface area contributed by atoms with E-state index in [1.54, 1.807) is 11.8 Å². The van der Waals surface area contributed by atoms with Gasteiger partial charge in [-0.1, -0.05) is 55.8 Å². The number of amides is 2. The highest BCUT2D eigenvalue weighted by Gasteiger charge is 2.37. The molecule has 2 aromatic rings. The smallest absolute Gasteiger partial charge is 0.336 e. The molecular weight excluding hydrogens is 452 g/mol. The Balaban J connectivity index is 1.88. The van der Waals surface area contributed by atoms with Gasteiger partial charge in [0.25, 0.3) is 5.91 Å². The molecule has 0 bridgehead atoms. The van der Waals surface area contributed by atoms with Crippen molar-refractivity contribution in [1.29, 1.82) is 0 Å². The third kappa shape index (κ3) is 6.23. The van der Waals surface area contributed by atoms with Crippen molar-refractivity contribution in [3.8, 4) is 0 Å². The van der Waals surface area contributed by atoms with Crippen LogP contribution in [0.25, 0.3) is 0 Å². The molecule has 192 valence electrons. The van der Waals surface area contributed by atoms with Gasteiger partial charge in [-0.2, -0.15) is 0 Å². The van der Waals surface area contributed by atoms with Crippen LogP contribution in [0.2, 0.25) is 0 Å². The number of allylic oxidation sites excluding steroid dienone is 1. The summed E-state index contributed by atoms with van der Waals surface area (Å²) in [5.41, 5.74) is 4.71. The van der Waals surface area contributed by atoms with Crippen LogP contribution in [-0.2, 0) is 20.9 Å². The lowest BCUT2D eigenvalue weighted by molar-refractivity contribution is -0.140. The van der Waals surface area contributed by atoms with Crippen molar-refractivity contribution in [2.75, 3.05) is 19.7 Å². The fraction of sp³-hybridized carbons (Fsp3) is 0.433. The van der Waals surface area contributed by atoms with Crippen LogP contribution in [0.1, 0.15) is 79.9 Å². The van der Waals surface area contributed by atoms with Crippen molar-refractivity contribution < 1.29 is 19.1 Å². The van der Waals surface area contributed by atoms with E-state index in [1.165, 1.54) is 0 Å². The molecule has 2 amide bonds. The topological polar surface area (TPSA) is 66.9 Å². The summed E-state index contributed by atoms with van der Waals surface area (Å²) in [6, 6.07) is 15.4. The number of nitrogens with zero attached hydrogens (tertiary/aromatic N) is 2. The molecule has 1 heterocycles. The molecule has 0 fully saturated rings. The van der Waals surface area contributed by atoms with Crippen LogP contribution in [0.15, 0.2) is 59.8 Å². The molecule has 0 saturated heterocycles. The van der Waals surface area contributed by atoms with E-state index in [2.05, 4.69) is 13.8 Å². The van der Waals surface area contributed by atoms with Crippen molar-refractivity contribution in [2.24, 2.45) is 0 Å². The molecule has 1 aliphatic heterocycles. The molecule has 0 N–H and O–H groups in total. The van der Waals surface area contributed by atoms with E-state index in [9.17, 15) is 14.4 Å². The number of carbonyl (C=O) groups excluding carboxylic acids is 3. The fourth-order valence-corrected chi connectivity index (χ4v) is 4.82. The maximum absolute atomic E-state index is 13.3. The summed E-state index contributed by atoms with van der Waals surface area (Å²) in [6.45, 7) is 11.8. The Morgan fingerprint density at radius 1 is 1.00 bits per heavy atom. The highest BCUT2D eigenvalue weighted by molar-refractivity contribution is 5.96. The van der Waals surface area contributed by atoms with Gasteiger partial charge < -0.3 is 14.5 Å². The number of benzene rings is 2. The molecule has 6 heteroatoms. The summed E-state index contributed by atoms with van der Waals surface area (Å²) in [5.74, 6) is -0.729. The molecule has 1 aliphatic rings. The van der Waals surface area contributed by atoms with Crippen molar-refractivity contribution in [2.45, 2.75) is 66.3 Å². The Hall–Kier alpha value is -3.41. The summed E-state index contributed by atoms with van der Waals surface area (Å²) < 4.78 is 5.39. The van der Waals surface area contributed by atoms with Crippen LogP contribution in [0.5, 0.6) is 0 Å². The van der Waals surface area contributed by atoms with Gasteiger partial charge in [0.2, 0.25) is 5.91 Å². The van der Waals surface area contributed by atoms with E-state index in [4.69, 9.17) is 4.74 Å². The Kier molecular flexibility index (Phi) is 9.45. The van der Waals surface area contributed by atoms with Crippen LogP contribution >= 0.6 is 0 Å². The highest BCUT2D eigenvalue weighted by atomic mass is 16.5. The Labute approximate surface area is 214 Å². The first-order valence-electron chi connectivity index (χ1n) is 12.9. The number of hydrogen-bond donors (Lipinski definition) is 0. The normalized spacial score (nSPS) is 15.8. The van der Waals surface area contributed by atoms with Crippen molar-refractivity contribution in [3.63, 3.8) is 0 Å². The van der Waals surface area contributed by atoms with Crippen LogP contribution in [0.4, 0.5) is 0 Å². The SMILES string of the molecule is CCCN(CCC)C(=O)c1ccc(CN2C(=O)CC(c3cccc(C)c3)C(C(=O)OCC)=C2C)cc1. The first kappa shape index (κ1) is 27.2. The van der Waals surface area contributed by atoms with Crippen LogP contribution in [0.3, 0.4) is 0 Å². The zero-order valence-corrected chi connectivity index (χ0v) is 22.2. The van der Waals surface area contributed by atoms with E-state index in [1.807, 2.05) is 67.3 Å². The lowest BCUT2D eigenvalue weighted by Crippen LogP contribution is -2.38. The van der Waals surface area contributed by atoms with Crippen molar-refractivity contribution in [1.82, 2.24) is 9.80 Å². The highest BCUT2D eigenvalue weighted by Crippen LogP contribution is 2.38. The summed E-state index contributed by atoms with van der Waals surface area (Å²) in [4.78, 5) is 42.8. The van der Waals surface area contributed by atoms with Crippen molar-refractivity contribution >= 4 is 17.8 Å². The maximum Gasteiger partial charge on any atom is 0.336 e. The zero-order valence-electron chi connectivity index (χ0n) is 22.2. The lowest BCUT2D eigenvalue weighted by Gasteiger charge is -2.34. The summed E-state index contributed by atoms with van der Waals surface area (Å²) in [5, 5.41) is 0. The van der Waals surface area contributed by atoms with Gasteiger partial charge in [-0.15, -0.1) is 0 Å². The molecule has 1 atom stereocenters.